The van der Waals surface area contributed by atoms with E-state index in [0.29, 0.717) is 11.6 Å². The maximum Gasteiger partial charge on any atom is 0.272 e. The molecule has 5 nitrogen and oxygen atoms in total. The Morgan fingerprint density at radius 1 is 1.06 bits per heavy atom. The van der Waals surface area contributed by atoms with Gasteiger partial charge in [0.15, 0.2) is 0 Å². The molecule has 2 saturated heterocycles. The van der Waals surface area contributed by atoms with E-state index in [9.17, 15) is 4.79 Å². The molecule has 3 rings (SSSR count). The highest BCUT2D eigenvalue weighted by Gasteiger charge is 2.22. The third kappa shape index (κ3) is 2.17. The molecule has 3 heterocycles. The Morgan fingerprint density at radius 2 is 1.72 bits per heavy atom. The standard InChI is InChI=1S/C13H18N4O/c18-12(16-7-1-2-8-16)11-5-6-14-13(15-11)17-9-3-4-10-17/h5-6H,1-4,7-10H2. The van der Waals surface area contributed by atoms with Gasteiger partial charge in [-0.3, -0.25) is 4.79 Å². The molecule has 1 aromatic heterocycles. The van der Waals surface area contributed by atoms with Crippen molar-refractivity contribution >= 4 is 11.9 Å². The Kier molecular flexibility index (Phi) is 3.13. The molecular formula is C13H18N4O. The van der Waals surface area contributed by atoms with Crippen molar-refractivity contribution in [1.29, 1.82) is 0 Å². The number of likely N-dealkylation sites (tertiary alicyclic amines) is 1. The quantitative estimate of drug-likeness (QED) is 0.789. The molecule has 0 N–H and O–H groups in total. The molecule has 96 valence electrons. The van der Waals surface area contributed by atoms with Gasteiger partial charge < -0.3 is 9.80 Å². The number of anilines is 1. The molecule has 5 heteroatoms. The summed E-state index contributed by atoms with van der Waals surface area (Å²) in [5.41, 5.74) is 0.536. The average molecular weight is 246 g/mol. The molecule has 0 radical (unpaired) electrons. The summed E-state index contributed by atoms with van der Waals surface area (Å²) in [6, 6.07) is 1.72. The van der Waals surface area contributed by atoms with Crippen LogP contribution in [-0.2, 0) is 0 Å². The van der Waals surface area contributed by atoms with Crippen molar-refractivity contribution < 1.29 is 4.79 Å². The van der Waals surface area contributed by atoms with E-state index in [1.807, 2.05) is 4.90 Å². The lowest BCUT2D eigenvalue weighted by Crippen LogP contribution is -2.29. The first-order valence-electron chi connectivity index (χ1n) is 6.72. The molecule has 0 spiro atoms. The Balaban J connectivity index is 1.79. The van der Waals surface area contributed by atoms with Crippen LogP contribution in [0.5, 0.6) is 0 Å². The van der Waals surface area contributed by atoms with E-state index < -0.39 is 0 Å². The summed E-state index contributed by atoms with van der Waals surface area (Å²) in [5.74, 6) is 0.757. The van der Waals surface area contributed by atoms with E-state index in [0.717, 1.165) is 39.0 Å². The Labute approximate surface area is 107 Å². The van der Waals surface area contributed by atoms with E-state index in [1.165, 1.54) is 12.8 Å². The van der Waals surface area contributed by atoms with Crippen LogP contribution in [0, 0.1) is 0 Å². The SMILES string of the molecule is O=C(c1ccnc(N2CCCC2)n1)N1CCCC1. The molecule has 0 saturated carbocycles. The van der Waals surface area contributed by atoms with Crippen molar-refractivity contribution in [2.75, 3.05) is 31.1 Å². The van der Waals surface area contributed by atoms with Crippen molar-refractivity contribution in [2.45, 2.75) is 25.7 Å². The molecule has 1 amide bonds. The first kappa shape index (κ1) is 11.4. The summed E-state index contributed by atoms with van der Waals surface area (Å²) < 4.78 is 0. The minimum atomic E-state index is 0.0512. The molecular weight excluding hydrogens is 228 g/mol. The van der Waals surface area contributed by atoms with Crippen LogP contribution in [0.1, 0.15) is 36.2 Å². The van der Waals surface area contributed by atoms with Gasteiger partial charge in [-0.1, -0.05) is 0 Å². The fourth-order valence-corrected chi connectivity index (χ4v) is 2.62. The van der Waals surface area contributed by atoms with Gasteiger partial charge in [0.25, 0.3) is 5.91 Å². The van der Waals surface area contributed by atoms with Crippen LogP contribution in [0.2, 0.25) is 0 Å². The molecule has 0 aliphatic carbocycles. The van der Waals surface area contributed by atoms with Crippen molar-refractivity contribution in [2.24, 2.45) is 0 Å². The van der Waals surface area contributed by atoms with E-state index in [1.54, 1.807) is 12.3 Å². The second-order valence-corrected chi connectivity index (χ2v) is 4.94. The molecule has 2 aliphatic rings. The summed E-state index contributed by atoms with van der Waals surface area (Å²) in [7, 11) is 0. The Hall–Kier alpha value is -1.65. The summed E-state index contributed by atoms with van der Waals surface area (Å²) >= 11 is 0. The first-order chi connectivity index (χ1) is 8.84. The zero-order valence-electron chi connectivity index (χ0n) is 10.5. The molecule has 18 heavy (non-hydrogen) atoms. The van der Waals surface area contributed by atoms with Gasteiger partial charge in [-0.05, 0) is 31.7 Å². The Morgan fingerprint density at radius 3 is 2.44 bits per heavy atom. The average Bonchev–Trinajstić information content (AvgIpc) is 3.11. The van der Waals surface area contributed by atoms with Gasteiger partial charge in [0.1, 0.15) is 5.69 Å². The number of hydrogen-bond donors (Lipinski definition) is 0. The largest absolute Gasteiger partial charge is 0.341 e. The minimum absolute atomic E-state index is 0.0512. The van der Waals surface area contributed by atoms with Crippen LogP contribution in [0.4, 0.5) is 5.95 Å². The number of rotatable bonds is 2. The molecule has 2 fully saturated rings. The first-order valence-corrected chi connectivity index (χ1v) is 6.72. The molecule has 1 aromatic rings. The second kappa shape index (κ2) is 4.92. The monoisotopic (exact) mass is 246 g/mol. The number of amides is 1. The zero-order chi connectivity index (χ0) is 12.4. The lowest BCUT2D eigenvalue weighted by molar-refractivity contribution is 0.0787. The van der Waals surface area contributed by atoms with Crippen molar-refractivity contribution in [3.63, 3.8) is 0 Å². The topological polar surface area (TPSA) is 49.3 Å². The van der Waals surface area contributed by atoms with Crippen LogP contribution in [-0.4, -0.2) is 47.0 Å². The number of hydrogen-bond acceptors (Lipinski definition) is 4. The lowest BCUT2D eigenvalue weighted by Gasteiger charge is -2.17. The maximum absolute atomic E-state index is 12.2. The Bertz CT molecular complexity index is 436. The summed E-state index contributed by atoms with van der Waals surface area (Å²) in [4.78, 5) is 25.0. The van der Waals surface area contributed by atoms with Gasteiger partial charge in [-0.2, -0.15) is 0 Å². The summed E-state index contributed by atoms with van der Waals surface area (Å²) in [5, 5.41) is 0. The molecule has 2 aliphatic heterocycles. The highest BCUT2D eigenvalue weighted by molar-refractivity contribution is 5.92. The lowest BCUT2D eigenvalue weighted by atomic mass is 10.3. The predicted octanol–water partition coefficient (Wildman–Crippen LogP) is 1.31. The number of nitrogens with zero attached hydrogens (tertiary/aromatic N) is 4. The van der Waals surface area contributed by atoms with E-state index >= 15 is 0 Å². The summed E-state index contributed by atoms with van der Waals surface area (Å²) in [6.07, 6.45) is 6.29. The van der Waals surface area contributed by atoms with E-state index in [2.05, 4.69) is 14.9 Å². The molecule has 0 bridgehead atoms. The van der Waals surface area contributed by atoms with Gasteiger partial charge in [0.2, 0.25) is 5.95 Å². The van der Waals surface area contributed by atoms with E-state index in [4.69, 9.17) is 0 Å². The highest BCUT2D eigenvalue weighted by Crippen LogP contribution is 2.17. The van der Waals surface area contributed by atoms with Crippen LogP contribution in [0.3, 0.4) is 0 Å². The molecule has 0 aromatic carbocycles. The van der Waals surface area contributed by atoms with Crippen LogP contribution in [0.15, 0.2) is 12.3 Å². The number of carbonyl (C=O) groups excluding carboxylic acids is 1. The van der Waals surface area contributed by atoms with Crippen LogP contribution < -0.4 is 4.90 Å². The third-order valence-corrected chi connectivity index (χ3v) is 3.64. The normalized spacial score (nSPS) is 19.6. The number of carbonyl (C=O) groups is 1. The van der Waals surface area contributed by atoms with Crippen molar-refractivity contribution in [3.8, 4) is 0 Å². The number of aromatic nitrogens is 2. The smallest absolute Gasteiger partial charge is 0.272 e. The predicted molar refractivity (Wildman–Crippen MR) is 68.6 cm³/mol. The second-order valence-electron chi connectivity index (χ2n) is 4.94. The van der Waals surface area contributed by atoms with Gasteiger partial charge in [-0.15, -0.1) is 0 Å². The fraction of sp³-hybridized carbons (Fsp3) is 0.615. The fourth-order valence-electron chi connectivity index (χ4n) is 2.62. The maximum atomic E-state index is 12.2. The minimum Gasteiger partial charge on any atom is -0.341 e. The molecule has 0 atom stereocenters. The third-order valence-electron chi connectivity index (χ3n) is 3.64. The van der Waals surface area contributed by atoms with Crippen LogP contribution in [0.25, 0.3) is 0 Å². The zero-order valence-corrected chi connectivity index (χ0v) is 10.5. The van der Waals surface area contributed by atoms with Crippen molar-refractivity contribution in [1.82, 2.24) is 14.9 Å². The van der Waals surface area contributed by atoms with E-state index in [-0.39, 0.29) is 5.91 Å². The van der Waals surface area contributed by atoms with Gasteiger partial charge in [-0.25, -0.2) is 9.97 Å². The molecule has 0 unspecified atom stereocenters. The highest BCUT2D eigenvalue weighted by atomic mass is 16.2. The van der Waals surface area contributed by atoms with Crippen molar-refractivity contribution in [3.05, 3.63) is 18.0 Å². The van der Waals surface area contributed by atoms with Gasteiger partial charge in [0.05, 0.1) is 0 Å². The van der Waals surface area contributed by atoms with Gasteiger partial charge >= 0.3 is 0 Å². The van der Waals surface area contributed by atoms with Crippen LogP contribution >= 0.6 is 0 Å². The van der Waals surface area contributed by atoms with Gasteiger partial charge in [0, 0.05) is 32.4 Å². The summed E-state index contributed by atoms with van der Waals surface area (Å²) in [6.45, 7) is 3.73.